The Morgan fingerprint density at radius 3 is 2.56 bits per heavy atom. The van der Waals surface area contributed by atoms with Gasteiger partial charge in [-0.1, -0.05) is 48.0 Å². The van der Waals surface area contributed by atoms with Gasteiger partial charge in [-0.2, -0.15) is 0 Å². The van der Waals surface area contributed by atoms with E-state index in [0.717, 1.165) is 10.0 Å². The lowest BCUT2D eigenvalue weighted by Gasteiger charge is -2.10. The first kappa shape index (κ1) is 12.8. The van der Waals surface area contributed by atoms with Crippen LogP contribution in [-0.2, 0) is 0 Å². The van der Waals surface area contributed by atoms with E-state index in [1.165, 1.54) is 0 Å². The third kappa shape index (κ3) is 2.31. The highest BCUT2D eigenvalue weighted by molar-refractivity contribution is 9.10. The minimum Gasteiger partial charge on any atom is -0.383 e. The maximum atomic E-state index is 12.0. The number of nitrogen functional groups attached to an aromatic ring is 1. The molecule has 0 aliphatic rings. The molecule has 0 radical (unpaired) electrons. The molecule has 2 rings (SSSR count). The summed E-state index contributed by atoms with van der Waals surface area (Å²) in [5, 5.41) is 0. The molecule has 1 aromatic carbocycles. The van der Waals surface area contributed by atoms with Crippen LogP contribution in [0.15, 0.2) is 33.5 Å². The van der Waals surface area contributed by atoms with Crippen molar-refractivity contribution in [3.63, 3.8) is 0 Å². The first-order valence-electron chi connectivity index (χ1n) is 5.65. The molecule has 18 heavy (non-hydrogen) atoms. The van der Waals surface area contributed by atoms with Gasteiger partial charge in [0.25, 0.3) is 5.56 Å². The van der Waals surface area contributed by atoms with Gasteiger partial charge in [0.1, 0.15) is 11.6 Å². The van der Waals surface area contributed by atoms with Crippen molar-refractivity contribution in [3.8, 4) is 11.4 Å². The standard InChI is InChI=1S/C13H14BrN3O/c1-7(2)10-11(15)16-12(17-13(10)18)8-5-3-4-6-9(8)14/h3-7H,1-2H3,(H3,15,16,17,18). The van der Waals surface area contributed by atoms with Crippen molar-refractivity contribution in [2.24, 2.45) is 0 Å². The summed E-state index contributed by atoms with van der Waals surface area (Å²) in [6.07, 6.45) is 0. The molecule has 0 saturated carbocycles. The number of H-pyrrole nitrogens is 1. The zero-order valence-corrected chi connectivity index (χ0v) is 11.8. The quantitative estimate of drug-likeness (QED) is 0.896. The van der Waals surface area contributed by atoms with E-state index in [1.54, 1.807) is 0 Å². The zero-order valence-electron chi connectivity index (χ0n) is 10.2. The number of nitrogens with zero attached hydrogens (tertiary/aromatic N) is 1. The predicted molar refractivity (Wildman–Crippen MR) is 76.5 cm³/mol. The maximum absolute atomic E-state index is 12.0. The first-order valence-corrected chi connectivity index (χ1v) is 6.44. The van der Waals surface area contributed by atoms with E-state index in [1.807, 2.05) is 38.1 Å². The third-order valence-corrected chi connectivity index (χ3v) is 3.38. The first-order chi connectivity index (χ1) is 8.50. The normalized spacial score (nSPS) is 10.9. The number of benzene rings is 1. The van der Waals surface area contributed by atoms with E-state index in [2.05, 4.69) is 25.9 Å². The number of aromatic nitrogens is 2. The molecule has 1 aromatic heterocycles. The van der Waals surface area contributed by atoms with Crippen LogP contribution in [0.1, 0.15) is 25.3 Å². The Hall–Kier alpha value is -1.62. The number of rotatable bonds is 2. The molecular formula is C13H14BrN3O. The molecule has 94 valence electrons. The lowest BCUT2D eigenvalue weighted by Crippen LogP contribution is -2.19. The van der Waals surface area contributed by atoms with Crippen molar-refractivity contribution in [1.82, 2.24) is 9.97 Å². The number of hydrogen-bond acceptors (Lipinski definition) is 3. The highest BCUT2D eigenvalue weighted by Crippen LogP contribution is 2.26. The van der Waals surface area contributed by atoms with Crippen molar-refractivity contribution in [2.75, 3.05) is 5.73 Å². The molecule has 0 unspecified atom stereocenters. The number of aromatic amines is 1. The summed E-state index contributed by atoms with van der Waals surface area (Å²) in [5.41, 5.74) is 7.04. The Morgan fingerprint density at radius 1 is 1.33 bits per heavy atom. The summed E-state index contributed by atoms with van der Waals surface area (Å²) >= 11 is 3.43. The van der Waals surface area contributed by atoms with Crippen LogP contribution in [0.4, 0.5) is 5.82 Å². The maximum Gasteiger partial charge on any atom is 0.256 e. The van der Waals surface area contributed by atoms with Crippen molar-refractivity contribution in [1.29, 1.82) is 0 Å². The Labute approximate surface area is 113 Å². The van der Waals surface area contributed by atoms with Gasteiger partial charge in [-0.15, -0.1) is 0 Å². The molecule has 3 N–H and O–H groups in total. The molecular weight excluding hydrogens is 294 g/mol. The van der Waals surface area contributed by atoms with E-state index in [9.17, 15) is 4.79 Å². The van der Waals surface area contributed by atoms with Crippen LogP contribution < -0.4 is 11.3 Å². The second-order valence-corrected chi connectivity index (χ2v) is 5.20. The Kier molecular flexibility index (Phi) is 3.52. The van der Waals surface area contributed by atoms with Crippen molar-refractivity contribution < 1.29 is 0 Å². The lowest BCUT2D eigenvalue weighted by atomic mass is 10.1. The van der Waals surface area contributed by atoms with Crippen LogP contribution in [0.25, 0.3) is 11.4 Å². The van der Waals surface area contributed by atoms with E-state index >= 15 is 0 Å². The molecule has 0 amide bonds. The van der Waals surface area contributed by atoms with Gasteiger partial charge in [0.15, 0.2) is 0 Å². The lowest BCUT2D eigenvalue weighted by molar-refractivity contribution is 0.837. The second kappa shape index (κ2) is 4.94. The van der Waals surface area contributed by atoms with Gasteiger partial charge in [0.2, 0.25) is 0 Å². The highest BCUT2D eigenvalue weighted by Gasteiger charge is 2.14. The Morgan fingerprint density at radius 2 is 2.00 bits per heavy atom. The molecule has 0 aliphatic heterocycles. The minimum absolute atomic E-state index is 0.0505. The average molecular weight is 308 g/mol. The fraction of sp³-hybridized carbons (Fsp3) is 0.231. The summed E-state index contributed by atoms with van der Waals surface area (Å²) in [6, 6.07) is 7.54. The zero-order chi connectivity index (χ0) is 13.3. The van der Waals surface area contributed by atoms with Crippen LogP contribution in [0, 0.1) is 0 Å². The number of nitrogens with two attached hydrogens (primary N) is 1. The molecule has 2 aromatic rings. The summed E-state index contributed by atoms with van der Waals surface area (Å²) in [5.74, 6) is 0.823. The van der Waals surface area contributed by atoms with E-state index in [0.29, 0.717) is 17.2 Å². The van der Waals surface area contributed by atoms with Gasteiger partial charge >= 0.3 is 0 Å². The molecule has 4 nitrogen and oxygen atoms in total. The summed E-state index contributed by atoms with van der Waals surface area (Å²) in [4.78, 5) is 19.1. The topological polar surface area (TPSA) is 71.8 Å². The van der Waals surface area contributed by atoms with Crippen molar-refractivity contribution in [3.05, 3.63) is 44.7 Å². The highest BCUT2D eigenvalue weighted by atomic mass is 79.9. The van der Waals surface area contributed by atoms with Gasteiger partial charge in [-0.05, 0) is 12.0 Å². The van der Waals surface area contributed by atoms with Gasteiger partial charge in [-0.3, -0.25) is 4.79 Å². The smallest absolute Gasteiger partial charge is 0.256 e. The molecule has 0 atom stereocenters. The van der Waals surface area contributed by atoms with Crippen LogP contribution in [-0.4, -0.2) is 9.97 Å². The fourth-order valence-corrected chi connectivity index (χ4v) is 2.31. The average Bonchev–Trinajstić information content (AvgIpc) is 2.27. The van der Waals surface area contributed by atoms with E-state index in [4.69, 9.17) is 5.73 Å². The monoisotopic (exact) mass is 307 g/mol. The van der Waals surface area contributed by atoms with Crippen LogP contribution in [0.5, 0.6) is 0 Å². The summed E-state index contributed by atoms with van der Waals surface area (Å²) < 4.78 is 0.866. The van der Waals surface area contributed by atoms with E-state index < -0.39 is 0 Å². The molecule has 0 spiro atoms. The van der Waals surface area contributed by atoms with Crippen LogP contribution in [0.2, 0.25) is 0 Å². The third-order valence-electron chi connectivity index (χ3n) is 2.69. The van der Waals surface area contributed by atoms with Crippen LogP contribution >= 0.6 is 15.9 Å². The number of anilines is 1. The minimum atomic E-state index is -0.178. The van der Waals surface area contributed by atoms with Gasteiger partial charge in [0.05, 0.1) is 5.56 Å². The molecule has 5 heteroatoms. The number of nitrogens with one attached hydrogen (secondary N) is 1. The predicted octanol–water partition coefficient (Wildman–Crippen LogP) is 2.91. The summed E-state index contributed by atoms with van der Waals surface area (Å²) in [6.45, 7) is 3.83. The van der Waals surface area contributed by atoms with Gasteiger partial charge in [0, 0.05) is 10.0 Å². The second-order valence-electron chi connectivity index (χ2n) is 4.35. The molecule has 1 heterocycles. The number of halogens is 1. The Balaban J connectivity index is 2.63. The molecule has 0 bridgehead atoms. The largest absolute Gasteiger partial charge is 0.383 e. The summed E-state index contributed by atoms with van der Waals surface area (Å²) in [7, 11) is 0. The molecule has 0 fully saturated rings. The Bertz CT molecular complexity index is 634. The van der Waals surface area contributed by atoms with Gasteiger partial charge < -0.3 is 10.7 Å². The fourth-order valence-electron chi connectivity index (χ4n) is 1.84. The van der Waals surface area contributed by atoms with Crippen molar-refractivity contribution >= 4 is 21.7 Å². The molecule has 0 aliphatic carbocycles. The van der Waals surface area contributed by atoms with Crippen LogP contribution in [0.3, 0.4) is 0 Å². The SMILES string of the molecule is CC(C)c1c(N)nc(-c2ccccc2Br)[nH]c1=O. The van der Waals surface area contributed by atoms with Crippen molar-refractivity contribution in [2.45, 2.75) is 19.8 Å². The van der Waals surface area contributed by atoms with E-state index in [-0.39, 0.29) is 11.5 Å². The number of hydrogen-bond donors (Lipinski definition) is 2. The molecule has 0 saturated heterocycles. The van der Waals surface area contributed by atoms with Gasteiger partial charge in [-0.25, -0.2) is 4.98 Å².